The minimum atomic E-state index is -0.582. The van der Waals surface area contributed by atoms with Crippen molar-refractivity contribution in [3.63, 3.8) is 0 Å². The molecule has 1 aromatic heterocycles. The molecule has 0 atom stereocenters. The predicted octanol–water partition coefficient (Wildman–Crippen LogP) is 2.20. The second-order valence-corrected chi connectivity index (χ2v) is 4.06. The molecule has 0 spiro atoms. The zero-order valence-corrected chi connectivity index (χ0v) is 10.1. The Hall–Kier alpha value is -3.27. The first-order valence-corrected chi connectivity index (χ1v) is 5.70. The van der Waals surface area contributed by atoms with Crippen LogP contribution in [0.5, 0.6) is 0 Å². The average molecular weight is 265 g/mol. The molecule has 0 fully saturated rings. The van der Waals surface area contributed by atoms with Gasteiger partial charge in [0.2, 0.25) is 0 Å². The molecular formula is C13H7N5O2. The van der Waals surface area contributed by atoms with Crippen LogP contribution in [0.4, 0.5) is 5.69 Å². The van der Waals surface area contributed by atoms with Crippen LogP contribution < -0.4 is 0 Å². The van der Waals surface area contributed by atoms with Crippen molar-refractivity contribution in [1.29, 1.82) is 5.26 Å². The summed E-state index contributed by atoms with van der Waals surface area (Å²) in [7, 11) is 0. The largest absolute Gasteiger partial charge is 0.287 e. The Morgan fingerprint density at radius 3 is 2.80 bits per heavy atom. The van der Waals surface area contributed by atoms with Crippen molar-refractivity contribution >= 4 is 16.7 Å². The average Bonchev–Trinajstić information content (AvgIpc) is 2.90. The zero-order valence-electron chi connectivity index (χ0n) is 10.1. The van der Waals surface area contributed by atoms with Crippen LogP contribution in [0.15, 0.2) is 42.5 Å². The van der Waals surface area contributed by atoms with Gasteiger partial charge in [-0.05, 0) is 24.3 Å². The van der Waals surface area contributed by atoms with Gasteiger partial charge < -0.3 is 0 Å². The van der Waals surface area contributed by atoms with Crippen molar-refractivity contribution in [1.82, 2.24) is 15.0 Å². The van der Waals surface area contributed by atoms with E-state index in [1.807, 2.05) is 30.3 Å². The summed E-state index contributed by atoms with van der Waals surface area (Å²) in [6, 6.07) is 13.4. The Morgan fingerprint density at radius 2 is 2.05 bits per heavy atom. The number of nitriles is 1. The lowest BCUT2D eigenvalue weighted by atomic mass is 10.1. The van der Waals surface area contributed by atoms with E-state index < -0.39 is 4.92 Å². The topological polar surface area (TPSA) is 97.6 Å². The number of nitro benzene ring substituents is 1. The van der Waals surface area contributed by atoms with E-state index in [9.17, 15) is 10.1 Å². The van der Waals surface area contributed by atoms with Crippen molar-refractivity contribution < 1.29 is 4.92 Å². The molecule has 96 valence electrons. The van der Waals surface area contributed by atoms with Crippen molar-refractivity contribution in [2.24, 2.45) is 0 Å². The Bertz CT molecular complexity index is 863. The molecule has 0 aliphatic rings. The molecule has 20 heavy (non-hydrogen) atoms. The quantitative estimate of drug-likeness (QED) is 0.522. The van der Waals surface area contributed by atoms with Crippen molar-refractivity contribution in [2.45, 2.75) is 0 Å². The number of benzene rings is 2. The maximum atomic E-state index is 10.8. The summed E-state index contributed by atoms with van der Waals surface area (Å²) in [4.78, 5) is 10.2. The number of fused-ring (bicyclic) bond motifs is 1. The van der Waals surface area contributed by atoms with Crippen LogP contribution >= 0.6 is 0 Å². The highest BCUT2D eigenvalue weighted by molar-refractivity contribution is 5.76. The fraction of sp³-hybridized carbons (Fsp3) is 0. The molecule has 0 N–H and O–H groups in total. The van der Waals surface area contributed by atoms with Crippen LogP contribution in [-0.4, -0.2) is 19.9 Å². The molecule has 1 heterocycles. The Morgan fingerprint density at radius 1 is 1.25 bits per heavy atom. The monoisotopic (exact) mass is 265 g/mol. The first-order valence-electron chi connectivity index (χ1n) is 5.70. The van der Waals surface area contributed by atoms with Gasteiger partial charge in [0, 0.05) is 6.07 Å². The summed E-state index contributed by atoms with van der Waals surface area (Å²) in [5.74, 6) is 0. The highest BCUT2D eigenvalue weighted by Crippen LogP contribution is 2.23. The lowest BCUT2D eigenvalue weighted by molar-refractivity contribution is -0.385. The number of hydrogen-bond acceptors (Lipinski definition) is 5. The summed E-state index contributed by atoms with van der Waals surface area (Å²) in [6.07, 6.45) is 0. The van der Waals surface area contributed by atoms with Crippen molar-refractivity contribution in [2.75, 3.05) is 0 Å². The van der Waals surface area contributed by atoms with E-state index in [1.54, 1.807) is 10.7 Å². The molecule has 0 radical (unpaired) electrons. The Labute approximate surface area is 112 Å². The molecular weight excluding hydrogens is 258 g/mol. The SMILES string of the molecule is N#Cc1cc(-n2nnc3ccccc32)ccc1[N+](=O)[O-]. The lowest BCUT2D eigenvalue weighted by Gasteiger charge is -2.02. The van der Waals surface area contributed by atoms with Crippen molar-refractivity contribution in [3.05, 3.63) is 58.1 Å². The highest BCUT2D eigenvalue weighted by Gasteiger charge is 2.15. The first-order chi connectivity index (χ1) is 9.70. The van der Waals surface area contributed by atoms with Crippen LogP contribution in [-0.2, 0) is 0 Å². The molecule has 2 aromatic carbocycles. The maximum Gasteiger partial charge on any atom is 0.287 e. The van der Waals surface area contributed by atoms with E-state index in [2.05, 4.69) is 10.3 Å². The molecule has 0 aliphatic heterocycles. The van der Waals surface area contributed by atoms with Gasteiger partial charge in [-0.2, -0.15) is 5.26 Å². The van der Waals surface area contributed by atoms with Gasteiger partial charge >= 0.3 is 0 Å². The van der Waals surface area contributed by atoms with Gasteiger partial charge in [-0.25, -0.2) is 4.68 Å². The Balaban J connectivity index is 2.21. The molecule has 0 unspecified atom stereocenters. The summed E-state index contributed by atoms with van der Waals surface area (Å²) in [5.41, 5.74) is 1.81. The van der Waals surface area contributed by atoms with Crippen LogP contribution in [0.1, 0.15) is 5.56 Å². The van der Waals surface area contributed by atoms with Crippen LogP contribution in [0, 0.1) is 21.4 Å². The number of nitrogens with zero attached hydrogens (tertiary/aromatic N) is 5. The highest BCUT2D eigenvalue weighted by atomic mass is 16.6. The fourth-order valence-electron chi connectivity index (χ4n) is 1.96. The summed E-state index contributed by atoms with van der Waals surface area (Å²) >= 11 is 0. The van der Waals surface area contributed by atoms with Gasteiger partial charge in [0.15, 0.2) is 0 Å². The van der Waals surface area contributed by atoms with E-state index in [1.165, 1.54) is 12.1 Å². The normalized spacial score (nSPS) is 10.3. The van der Waals surface area contributed by atoms with Crippen LogP contribution in [0.2, 0.25) is 0 Å². The third-order valence-corrected chi connectivity index (χ3v) is 2.89. The zero-order chi connectivity index (χ0) is 14.1. The molecule has 7 nitrogen and oxygen atoms in total. The van der Waals surface area contributed by atoms with Gasteiger partial charge in [0.05, 0.1) is 16.1 Å². The summed E-state index contributed by atoms with van der Waals surface area (Å²) < 4.78 is 1.54. The van der Waals surface area contributed by atoms with E-state index >= 15 is 0 Å². The number of para-hydroxylation sites is 1. The van der Waals surface area contributed by atoms with Gasteiger partial charge in [-0.15, -0.1) is 5.10 Å². The van der Waals surface area contributed by atoms with Crippen LogP contribution in [0.3, 0.4) is 0 Å². The third-order valence-electron chi connectivity index (χ3n) is 2.89. The van der Waals surface area contributed by atoms with E-state index in [0.717, 1.165) is 5.52 Å². The van der Waals surface area contributed by atoms with Gasteiger partial charge in [0.25, 0.3) is 5.69 Å². The minimum absolute atomic E-state index is 0.00733. The van der Waals surface area contributed by atoms with Gasteiger partial charge in [0.1, 0.15) is 17.1 Å². The smallest absolute Gasteiger partial charge is 0.258 e. The molecule has 7 heteroatoms. The van der Waals surface area contributed by atoms with Crippen molar-refractivity contribution in [3.8, 4) is 11.8 Å². The van der Waals surface area contributed by atoms with Gasteiger partial charge in [-0.1, -0.05) is 17.3 Å². The number of hydrogen-bond donors (Lipinski definition) is 0. The number of aromatic nitrogens is 3. The van der Waals surface area contributed by atoms with E-state index in [0.29, 0.717) is 11.2 Å². The predicted molar refractivity (Wildman–Crippen MR) is 70.2 cm³/mol. The molecule has 0 aliphatic carbocycles. The lowest BCUT2D eigenvalue weighted by Crippen LogP contribution is -1.99. The maximum absolute atomic E-state index is 10.8. The third kappa shape index (κ3) is 1.76. The van der Waals surface area contributed by atoms with E-state index in [-0.39, 0.29) is 11.3 Å². The molecule has 0 saturated carbocycles. The Kier molecular flexibility index (Phi) is 2.62. The number of nitro groups is 1. The van der Waals surface area contributed by atoms with Crippen LogP contribution in [0.25, 0.3) is 16.7 Å². The van der Waals surface area contributed by atoms with Gasteiger partial charge in [-0.3, -0.25) is 10.1 Å². The standard InChI is InChI=1S/C13H7N5O2/c14-8-9-7-10(5-6-12(9)18(19)20)17-13-4-2-1-3-11(13)15-16-17/h1-7H. The molecule has 0 bridgehead atoms. The minimum Gasteiger partial charge on any atom is -0.258 e. The molecule has 0 amide bonds. The van der Waals surface area contributed by atoms with E-state index in [4.69, 9.17) is 5.26 Å². The molecule has 3 rings (SSSR count). The second-order valence-electron chi connectivity index (χ2n) is 4.06. The molecule has 3 aromatic rings. The first kappa shape index (κ1) is 11.8. The molecule has 0 saturated heterocycles. The summed E-state index contributed by atoms with van der Waals surface area (Å²) in [5, 5.41) is 27.8. The summed E-state index contributed by atoms with van der Waals surface area (Å²) in [6.45, 7) is 0. The second kappa shape index (κ2) is 4.44. The fourth-order valence-corrected chi connectivity index (χ4v) is 1.96. The number of rotatable bonds is 2.